The van der Waals surface area contributed by atoms with Crippen LogP contribution < -0.4 is 10.5 Å². The van der Waals surface area contributed by atoms with Crippen LogP contribution in [0.25, 0.3) is 0 Å². The molecular formula is C13H19NOS. The van der Waals surface area contributed by atoms with Crippen LogP contribution in [0.2, 0.25) is 0 Å². The van der Waals surface area contributed by atoms with Crippen LogP contribution in [-0.2, 0) is 0 Å². The van der Waals surface area contributed by atoms with Crippen molar-refractivity contribution in [3.05, 3.63) is 23.8 Å². The molecule has 1 aliphatic rings. The summed E-state index contributed by atoms with van der Waals surface area (Å²) in [5.74, 6) is 1.54. The molecule has 16 heavy (non-hydrogen) atoms. The molecule has 1 aromatic carbocycles. The van der Waals surface area contributed by atoms with Crippen molar-refractivity contribution in [1.29, 1.82) is 0 Å². The average Bonchev–Trinajstić information content (AvgIpc) is 2.51. The minimum absolute atomic E-state index is 0.138. The van der Waals surface area contributed by atoms with Gasteiger partial charge in [0.2, 0.25) is 0 Å². The van der Waals surface area contributed by atoms with Crippen molar-refractivity contribution in [2.24, 2.45) is 5.73 Å². The molecule has 0 spiro atoms. The molecule has 3 heteroatoms. The third-order valence-electron chi connectivity index (χ3n) is 2.84. The Morgan fingerprint density at radius 1 is 1.44 bits per heavy atom. The Morgan fingerprint density at radius 3 is 2.88 bits per heavy atom. The first-order chi connectivity index (χ1) is 7.53. The second kappa shape index (κ2) is 4.30. The molecule has 0 fully saturated rings. The lowest BCUT2D eigenvalue weighted by Crippen LogP contribution is -2.19. The Hall–Kier alpha value is -0.670. The van der Waals surface area contributed by atoms with E-state index in [0.717, 1.165) is 18.7 Å². The molecule has 1 heterocycles. The third-order valence-corrected chi connectivity index (χ3v) is 3.96. The fourth-order valence-corrected chi connectivity index (χ4v) is 3.10. The Balaban J connectivity index is 2.33. The Kier molecular flexibility index (Phi) is 3.17. The van der Waals surface area contributed by atoms with Gasteiger partial charge in [0, 0.05) is 0 Å². The minimum atomic E-state index is -0.138. The van der Waals surface area contributed by atoms with E-state index < -0.39 is 0 Å². The quantitative estimate of drug-likeness (QED) is 0.875. The van der Waals surface area contributed by atoms with Crippen LogP contribution in [-0.4, -0.2) is 11.5 Å². The van der Waals surface area contributed by atoms with Gasteiger partial charge in [0.25, 0.3) is 0 Å². The van der Waals surface area contributed by atoms with E-state index in [2.05, 4.69) is 39.0 Å². The zero-order valence-corrected chi connectivity index (χ0v) is 10.9. The number of fused-ring (bicyclic) bond motifs is 1. The van der Waals surface area contributed by atoms with Gasteiger partial charge < -0.3 is 10.5 Å². The van der Waals surface area contributed by atoms with Crippen molar-refractivity contribution in [1.82, 2.24) is 0 Å². The molecule has 2 N–H and O–H groups in total. The van der Waals surface area contributed by atoms with E-state index >= 15 is 0 Å². The Bertz CT molecular complexity index is 390. The highest BCUT2D eigenvalue weighted by atomic mass is 32.2. The number of nitrogens with two attached hydrogens (primary N) is 1. The summed E-state index contributed by atoms with van der Waals surface area (Å²) >= 11 is 1.79. The fourth-order valence-electron chi connectivity index (χ4n) is 2.05. The summed E-state index contributed by atoms with van der Waals surface area (Å²) in [7, 11) is 0. The molecule has 0 aliphatic carbocycles. The molecule has 0 saturated heterocycles. The van der Waals surface area contributed by atoms with Gasteiger partial charge in [-0.15, -0.1) is 0 Å². The first kappa shape index (κ1) is 11.8. The zero-order chi connectivity index (χ0) is 11.8. The molecule has 0 aromatic heterocycles. The van der Waals surface area contributed by atoms with Crippen molar-refractivity contribution in [2.75, 3.05) is 6.54 Å². The second-order valence-electron chi connectivity index (χ2n) is 4.76. The number of benzene rings is 1. The molecule has 0 bridgehead atoms. The van der Waals surface area contributed by atoms with Crippen molar-refractivity contribution in [3.8, 4) is 5.75 Å². The normalized spacial score (nSPS) is 19.0. The Morgan fingerprint density at radius 2 is 2.19 bits per heavy atom. The van der Waals surface area contributed by atoms with E-state index in [1.54, 1.807) is 11.8 Å². The lowest BCUT2D eigenvalue weighted by Gasteiger charge is -2.19. The van der Waals surface area contributed by atoms with Gasteiger partial charge in [-0.3, -0.25) is 0 Å². The van der Waals surface area contributed by atoms with Crippen LogP contribution in [0.1, 0.15) is 38.7 Å². The molecule has 2 nitrogen and oxygen atoms in total. The molecule has 0 saturated carbocycles. The van der Waals surface area contributed by atoms with Crippen LogP contribution in [0.15, 0.2) is 23.1 Å². The van der Waals surface area contributed by atoms with Gasteiger partial charge in [0.15, 0.2) is 4.93 Å². The lowest BCUT2D eigenvalue weighted by molar-refractivity contribution is 0.211. The van der Waals surface area contributed by atoms with Gasteiger partial charge in [-0.05, 0) is 44.4 Å². The molecule has 1 aliphatic heterocycles. The second-order valence-corrected chi connectivity index (χ2v) is 6.38. The van der Waals surface area contributed by atoms with Gasteiger partial charge in [0.1, 0.15) is 5.75 Å². The number of hydrogen-bond acceptors (Lipinski definition) is 3. The van der Waals surface area contributed by atoms with Gasteiger partial charge in [-0.25, -0.2) is 0 Å². The molecule has 1 atom stereocenters. The summed E-state index contributed by atoms with van der Waals surface area (Å²) < 4.78 is 6.02. The molecule has 1 aromatic rings. The summed E-state index contributed by atoms with van der Waals surface area (Å²) in [4.78, 5) is 1.12. The van der Waals surface area contributed by atoms with Gasteiger partial charge in [-0.2, -0.15) is 0 Å². The van der Waals surface area contributed by atoms with Crippen LogP contribution in [0, 0.1) is 0 Å². The van der Waals surface area contributed by atoms with Gasteiger partial charge >= 0.3 is 0 Å². The van der Waals surface area contributed by atoms with E-state index in [-0.39, 0.29) is 4.93 Å². The van der Waals surface area contributed by atoms with E-state index in [1.165, 1.54) is 10.5 Å². The van der Waals surface area contributed by atoms with E-state index in [0.29, 0.717) is 5.92 Å². The maximum Gasteiger partial charge on any atom is 0.153 e. The van der Waals surface area contributed by atoms with E-state index in [4.69, 9.17) is 10.5 Å². The first-order valence-electron chi connectivity index (χ1n) is 5.74. The number of ether oxygens (including phenoxy) is 1. The van der Waals surface area contributed by atoms with Crippen LogP contribution in [0.5, 0.6) is 5.75 Å². The number of hydrogen-bond donors (Lipinski definition) is 1. The summed E-state index contributed by atoms with van der Waals surface area (Å²) in [6, 6.07) is 6.40. The van der Waals surface area contributed by atoms with Gasteiger partial charge in [0.05, 0.1) is 4.90 Å². The Labute approximate surface area is 102 Å². The summed E-state index contributed by atoms with van der Waals surface area (Å²) in [6.07, 6.45) is 1.00. The lowest BCUT2D eigenvalue weighted by atomic mass is 9.97. The van der Waals surface area contributed by atoms with Crippen molar-refractivity contribution < 1.29 is 4.74 Å². The standard InChI is InChI=1S/C13H19NOS/c1-9(7-8-14)10-5-4-6-11-12(10)15-13(2,3)16-11/h4-6,9H,7-8,14H2,1-3H3. The molecule has 88 valence electrons. The fraction of sp³-hybridized carbons (Fsp3) is 0.538. The number of rotatable bonds is 3. The van der Waals surface area contributed by atoms with Crippen molar-refractivity contribution >= 4 is 11.8 Å². The predicted molar refractivity (Wildman–Crippen MR) is 69.1 cm³/mol. The highest BCUT2D eigenvalue weighted by Crippen LogP contribution is 2.50. The number of para-hydroxylation sites is 1. The third kappa shape index (κ3) is 2.20. The SMILES string of the molecule is CC(CCN)c1cccc2c1OC(C)(C)S2. The predicted octanol–water partition coefficient (Wildman–Crippen LogP) is 3.36. The molecule has 1 unspecified atom stereocenters. The van der Waals surface area contributed by atoms with Crippen LogP contribution in [0.4, 0.5) is 0 Å². The van der Waals surface area contributed by atoms with E-state index in [1.807, 2.05) is 0 Å². The summed E-state index contributed by atoms with van der Waals surface area (Å²) in [5.41, 5.74) is 6.91. The molecule has 0 amide bonds. The average molecular weight is 237 g/mol. The van der Waals surface area contributed by atoms with Crippen LogP contribution >= 0.6 is 11.8 Å². The zero-order valence-electron chi connectivity index (χ0n) is 10.1. The van der Waals surface area contributed by atoms with Crippen molar-refractivity contribution in [2.45, 2.75) is 42.9 Å². The first-order valence-corrected chi connectivity index (χ1v) is 6.56. The summed E-state index contributed by atoms with van der Waals surface area (Å²) in [6.45, 7) is 7.15. The highest BCUT2D eigenvalue weighted by molar-refractivity contribution is 8.00. The van der Waals surface area contributed by atoms with Crippen molar-refractivity contribution in [3.63, 3.8) is 0 Å². The topological polar surface area (TPSA) is 35.2 Å². The summed E-state index contributed by atoms with van der Waals surface area (Å²) in [5, 5.41) is 0. The molecular weight excluding hydrogens is 218 g/mol. The monoisotopic (exact) mass is 237 g/mol. The van der Waals surface area contributed by atoms with E-state index in [9.17, 15) is 0 Å². The molecule has 0 radical (unpaired) electrons. The molecule has 2 rings (SSSR count). The van der Waals surface area contributed by atoms with Crippen LogP contribution in [0.3, 0.4) is 0 Å². The maximum absolute atomic E-state index is 6.02. The minimum Gasteiger partial charge on any atom is -0.475 e. The highest BCUT2D eigenvalue weighted by Gasteiger charge is 2.33. The largest absolute Gasteiger partial charge is 0.475 e. The van der Waals surface area contributed by atoms with Gasteiger partial charge in [-0.1, -0.05) is 30.8 Å². The number of thioether (sulfide) groups is 1. The smallest absolute Gasteiger partial charge is 0.153 e. The maximum atomic E-state index is 6.02.